The van der Waals surface area contributed by atoms with E-state index in [-0.39, 0.29) is 13.0 Å². The van der Waals surface area contributed by atoms with E-state index in [0.29, 0.717) is 23.1 Å². The fourth-order valence-electron chi connectivity index (χ4n) is 2.42. The molecule has 5 heteroatoms. The normalized spacial score (nSPS) is 10.3. The molecular formula is C21H19N2O3-. The van der Waals surface area contributed by atoms with Crippen LogP contribution in [0, 0.1) is 5.21 Å². The Labute approximate surface area is 152 Å². The first-order chi connectivity index (χ1) is 12.7. The van der Waals surface area contributed by atoms with Gasteiger partial charge in [-0.25, -0.2) is 0 Å². The fourth-order valence-corrected chi connectivity index (χ4v) is 2.42. The van der Waals surface area contributed by atoms with Crippen molar-refractivity contribution in [3.63, 3.8) is 0 Å². The summed E-state index contributed by atoms with van der Waals surface area (Å²) in [5.74, 6) is 0.104. The average Bonchev–Trinajstić information content (AvgIpc) is 2.69. The molecule has 0 aliphatic rings. The van der Waals surface area contributed by atoms with Crippen LogP contribution >= 0.6 is 0 Å². The van der Waals surface area contributed by atoms with Gasteiger partial charge in [-0.1, -0.05) is 60.7 Å². The highest BCUT2D eigenvalue weighted by molar-refractivity contribution is 5.78. The van der Waals surface area contributed by atoms with E-state index in [1.807, 2.05) is 60.7 Å². The van der Waals surface area contributed by atoms with E-state index in [2.05, 4.69) is 4.98 Å². The lowest BCUT2D eigenvalue weighted by Gasteiger charge is -2.28. The predicted molar refractivity (Wildman–Crippen MR) is 99.1 cm³/mol. The zero-order valence-electron chi connectivity index (χ0n) is 14.2. The van der Waals surface area contributed by atoms with Gasteiger partial charge < -0.3 is 15.0 Å². The summed E-state index contributed by atoms with van der Waals surface area (Å²) in [6.07, 6.45) is 1.53. The molecule has 0 spiro atoms. The van der Waals surface area contributed by atoms with E-state index in [1.54, 1.807) is 18.3 Å². The second kappa shape index (κ2) is 8.78. The Hall–Kier alpha value is -3.18. The highest BCUT2D eigenvalue weighted by Crippen LogP contribution is 2.13. The molecular weight excluding hydrogens is 328 g/mol. The number of amides is 1. The third-order valence-corrected chi connectivity index (χ3v) is 3.83. The summed E-state index contributed by atoms with van der Waals surface area (Å²) in [7, 11) is 0. The maximum atomic E-state index is 12.1. The molecule has 0 saturated carbocycles. The molecule has 3 aromatic rings. The number of aromatic nitrogens is 1. The van der Waals surface area contributed by atoms with Gasteiger partial charge in [0, 0.05) is 12.2 Å². The highest BCUT2D eigenvalue weighted by atomic mass is 16.5. The minimum atomic E-state index is -0.515. The van der Waals surface area contributed by atoms with E-state index in [1.165, 1.54) is 0 Å². The second-order valence-electron chi connectivity index (χ2n) is 5.85. The molecule has 1 heterocycles. The molecule has 0 saturated heterocycles. The third-order valence-electron chi connectivity index (χ3n) is 3.83. The lowest BCUT2D eigenvalue weighted by molar-refractivity contribution is -0.128. The number of benzene rings is 2. The Morgan fingerprint density at radius 2 is 1.58 bits per heavy atom. The lowest BCUT2D eigenvalue weighted by atomic mass is 10.2. The van der Waals surface area contributed by atoms with Crippen molar-refractivity contribution < 1.29 is 9.53 Å². The first-order valence-electron chi connectivity index (χ1n) is 8.34. The molecule has 3 rings (SSSR count). The quantitative estimate of drug-likeness (QED) is 0.611. The topological polar surface area (TPSA) is 65.5 Å². The van der Waals surface area contributed by atoms with Crippen LogP contribution in [0.2, 0.25) is 0 Å². The van der Waals surface area contributed by atoms with Crippen LogP contribution in [0.25, 0.3) is 0 Å². The number of carbonyl (C=O) groups is 1. The molecule has 0 aliphatic carbocycles. The van der Waals surface area contributed by atoms with Crippen molar-refractivity contribution in [2.45, 2.75) is 19.6 Å². The molecule has 0 atom stereocenters. The monoisotopic (exact) mass is 347 g/mol. The Balaban J connectivity index is 1.51. The second-order valence-corrected chi connectivity index (χ2v) is 5.85. The smallest absolute Gasteiger partial charge is 0.218 e. The summed E-state index contributed by atoms with van der Waals surface area (Å²) < 4.78 is 5.66. The van der Waals surface area contributed by atoms with Crippen molar-refractivity contribution >= 4 is 5.91 Å². The van der Waals surface area contributed by atoms with Crippen LogP contribution in [0.3, 0.4) is 0 Å². The van der Waals surface area contributed by atoms with E-state index in [9.17, 15) is 10.0 Å². The number of nitrogens with zero attached hydrogens (tertiary/aromatic N) is 2. The predicted octanol–water partition coefficient (Wildman–Crippen LogP) is 3.73. The number of pyridine rings is 1. The first kappa shape index (κ1) is 17.6. The standard InChI is InChI=1S/C21H19N2O3/c24-21(23(25)15-17-7-3-1-4-8-17)13-19-11-12-20(14-22-19)26-16-18-9-5-2-6-10-18/h1-12,14H,13,15-16H2/q-1. The molecule has 2 aromatic carbocycles. The number of ether oxygens (including phenoxy) is 1. The first-order valence-corrected chi connectivity index (χ1v) is 8.34. The van der Waals surface area contributed by atoms with E-state index in [0.717, 1.165) is 11.1 Å². The molecule has 0 N–H and O–H groups in total. The van der Waals surface area contributed by atoms with E-state index < -0.39 is 5.91 Å². The summed E-state index contributed by atoms with van der Waals surface area (Å²) in [6, 6.07) is 22.5. The summed E-state index contributed by atoms with van der Waals surface area (Å²) in [5.41, 5.74) is 2.40. The highest BCUT2D eigenvalue weighted by Gasteiger charge is 2.08. The van der Waals surface area contributed by atoms with Crippen LogP contribution in [0.15, 0.2) is 79.0 Å². The van der Waals surface area contributed by atoms with Gasteiger partial charge >= 0.3 is 0 Å². The Morgan fingerprint density at radius 3 is 2.19 bits per heavy atom. The SMILES string of the molecule is O=C(Cc1ccc(OCc2ccccc2)cn1)N([O-])Cc1ccccc1. The zero-order chi connectivity index (χ0) is 18.2. The lowest BCUT2D eigenvalue weighted by Crippen LogP contribution is -2.26. The van der Waals surface area contributed by atoms with Crippen LogP contribution in [0.4, 0.5) is 0 Å². The maximum absolute atomic E-state index is 12.1. The fraction of sp³-hybridized carbons (Fsp3) is 0.143. The van der Waals surface area contributed by atoms with Crippen LogP contribution in [-0.2, 0) is 24.4 Å². The van der Waals surface area contributed by atoms with Crippen molar-refractivity contribution in [2.75, 3.05) is 0 Å². The van der Waals surface area contributed by atoms with Crippen LogP contribution in [0.5, 0.6) is 5.75 Å². The number of hydrogen-bond donors (Lipinski definition) is 0. The van der Waals surface area contributed by atoms with Gasteiger partial charge in [0.05, 0.1) is 12.6 Å². The van der Waals surface area contributed by atoms with Crippen LogP contribution in [0.1, 0.15) is 16.8 Å². The summed E-state index contributed by atoms with van der Waals surface area (Å²) in [5, 5.41) is 12.4. The molecule has 0 aliphatic heterocycles. The average molecular weight is 347 g/mol. The van der Waals surface area contributed by atoms with Crippen molar-refractivity contribution in [1.29, 1.82) is 0 Å². The Kier molecular flexibility index (Phi) is 5.96. The summed E-state index contributed by atoms with van der Waals surface area (Å²) >= 11 is 0. The number of carbonyl (C=O) groups excluding carboxylic acids is 1. The van der Waals surface area contributed by atoms with E-state index in [4.69, 9.17) is 4.74 Å². The van der Waals surface area contributed by atoms with Crippen LogP contribution in [-0.4, -0.2) is 16.0 Å². The molecule has 132 valence electrons. The van der Waals surface area contributed by atoms with Gasteiger partial charge in [-0.15, -0.1) is 0 Å². The maximum Gasteiger partial charge on any atom is 0.218 e. The van der Waals surface area contributed by atoms with Gasteiger partial charge in [-0.05, 0) is 23.3 Å². The third kappa shape index (κ3) is 5.16. The van der Waals surface area contributed by atoms with Crippen molar-refractivity contribution in [2.24, 2.45) is 0 Å². The number of hydrogen-bond acceptors (Lipinski definition) is 4. The van der Waals surface area contributed by atoms with Crippen molar-refractivity contribution in [3.05, 3.63) is 101 Å². The van der Waals surface area contributed by atoms with Crippen molar-refractivity contribution in [3.8, 4) is 5.75 Å². The minimum Gasteiger partial charge on any atom is -0.756 e. The molecule has 1 aromatic heterocycles. The van der Waals surface area contributed by atoms with Gasteiger partial charge in [0.25, 0.3) is 0 Å². The Bertz CT molecular complexity index is 821. The minimum absolute atomic E-state index is 0.0324. The van der Waals surface area contributed by atoms with Gasteiger partial charge in [-0.2, -0.15) is 0 Å². The van der Waals surface area contributed by atoms with E-state index >= 15 is 0 Å². The number of rotatable bonds is 7. The largest absolute Gasteiger partial charge is 0.756 e. The Morgan fingerprint density at radius 1 is 0.923 bits per heavy atom. The van der Waals surface area contributed by atoms with Gasteiger partial charge in [-0.3, -0.25) is 9.78 Å². The number of hydroxylamine groups is 2. The summed E-state index contributed by atoms with van der Waals surface area (Å²) in [6.45, 7) is 0.490. The molecule has 0 radical (unpaired) electrons. The molecule has 0 bridgehead atoms. The molecule has 26 heavy (non-hydrogen) atoms. The van der Waals surface area contributed by atoms with Gasteiger partial charge in [0.2, 0.25) is 5.91 Å². The molecule has 5 nitrogen and oxygen atoms in total. The molecule has 0 fully saturated rings. The van der Waals surface area contributed by atoms with Gasteiger partial charge in [0.15, 0.2) is 0 Å². The van der Waals surface area contributed by atoms with Crippen LogP contribution < -0.4 is 4.74 Å². The molecule has 0 unspecified atom stereocenters. The summed E-state index contributed by atoms with van der Waals surface area (Å²) in [4.78, 5) is 16.3. The molecule has 1 amide bonds. The van der Waals surface area contributed by atoms with Crippen molar-refractivity contribution in [1.82, 2.24) is 10.0 Å². The van der Waals surface area contributed by atoms with Gasteiger partial charge in [0.1, 0.15) is 12.4 Å². The zero-order valence-corrected chi connectivity index (χ0v) is 14.2.